The van der Waals surface area contributed by atoms with Gasteiger partial charge in [0.1, 0.15) is 12.2 Å². The Morgan fingerprint density at radius 3 is 2.43 bits per heavy atom. The maximum atomic E-state index is 10.5. The summed E-state index contributed by atoms with van der Waals surface area (Å²) in [6.07, 6.45) is -0.374. The van der Waals surface area contributed by atoms with E-state index < -0.39 is 11.7 Å². The van der Waals surface area contributed by atoms with Crippen molar-refractivity contribution in [1.29, 1.82) is 0 Å². The van der Waals surface area contributed by atoms with Gasteiger partial charge in [-0.15, -0.1) is 0 Å². The lowest BCUT2D eigenvalue weighted by molar-refractivity contribution is 0.0294. The van der Waals surface area contributed by atoms with Gasteiger partial charge in [-0.3, -0.25) is 0 Å². The van der Waals surface area contributed by atoms with Crippen LogP contribution in [0, 0.1) is 11.8 Å². The Labute approximate surface area is 82.0 Å². The predicted molar refractivity (Wildman–Crippen MR) is 48.6 cm³/mol. The first kappa shape index (κ1) is 10.8. The van der Waals surface area contributed by atoms with Crippen LogP contribution < -0.4 is 0 Å². The highest BCUT2D eigenvalue weighted by atomic mass is 16.4. The molecule has 0 spiro atoms. The monoisotopic (exact) mass is 199 g/mol. The minimum absolute atomic E-state index is 0.284. The second-order valence-electron chi connectivity index (χ2n) is 3.26. The van der Waals surface area contributed by atoms with Gasteiger partial charge in [0.2, 0.25) is 0 Å². The van der Waals surface area contributed by atoms with E-state index in [2.05, 4.69) is 11.8 Å². The van der Waals surface area contributed by atoms with Gasteiger partial charge < -0.3 is 20.2 Å². The summed E-state index contributed by atoms with van der Waals surface area (Å²) in [6, 6.07) is 0. The van der Waals surface area contributed by atoms with Crippen molar-refractivity contribution in [2.45, 2.75) is 18.4 Å². The van der Waals surface area contributed by atoms with E-state index >= 15 is 0 Å². The molecule has 1 saturated heterocycles. The van der Waals surface area contributed by atoms with Gasteiger partial charge in [-0.05, 0) is 0 Å². The Kier molecular flexibility index (Phi) is 3.33. The predicted octanol–water partition coefficient (Wildman–Crippen LogP) is -0.513. The molecule has 0 aliphatic carbocycles. The summed E-state index contributed by atoms with van der Waals surface area (Å²) in [5, 5.41) is 26.9. The summed E-state index contributed by atoms with van der Waals surface area (Å²) in [6.45, 7) is 0.281. The van der Waals surface area contributed by atoms with Crippen LogP contribution in [0.25, 0.3) is 0 Å². The highest BCUT2D eigenvalue weighted by molar-refractivity contribution is 5.65. The Morgan fingerprint density at radius 2 is 2.00 bits per heavy atom. The van der Waals surface area contributed by atoms with Crippen molar-refractivity contribution >= 4 is 6.09 Å². The van der Waals surface area contributed by atoms with E-state index in [0.29, 0.717) is 12.8 Å². The molecule has 0 saturated carbocycles. The largest absolute Gasteiger partial charge is 0.465 e. The maximum Gasteiger partial charge on any atom is 0.407 e. The molecule has 0 unspecified atom stereocenters. The first-order valence-electron chi connectivity index (χ1n) is 4.38. The van der Waals surface area contributed by atoms with Crippen LogP contribution in [0.15, 0.2) is 0 Å². The SMILES string of the molecule is O=C(O)N1CCC(O)(C#CCO)CC1. The van der Waals surface area contributed by atoms with Crippen molar-refractivity contribution in [2.24, 2.45) is 0 Å². The summed E-state index contributed by atoms with van der Waals surface area (Å²) in [4.78, 5) is 11.8. The van der Waals surface area contributed by atoms with Crippen LogP contribution in [-0.4, -0.2) is 51.6 Å². The Morgan fingerprint density at radius 1 is 1.43 bits per heavy atom. The number of nitrogens with zero attached hydrogens (tertiary/aromatic N) is 1. The molecular formula is C9H13NO4. The number of rotatable bonds is 0. The summed E-state index contributed by atoms with van der Waals surface area (Å²) in [7, 11) is 0. The summed E-state index contributed by atoms with van der Waals surface area (Å²) in [5.41, 5.74) is -1.13. The number of carboxylic acid groups (broad SMARTS) is 1. The molecule has 0 radical (unpaired) electrons. The summed E-state index contributed by atoms with van der Waals surface area (Å²) >= 11 is 0. The van der Waals surface area contributed by atoms with Crippen LogP contribution in [0.1, 0.15) is 12.8 Å². The number of hydrogen-bond donors (Lipinski definition) is 3. The second-order valence-corrected chi connectivity index (χ2v) is 3.26. The molecule has 0 aromatic rings. The Hall–Kier alpha value is -1.25. The number of aliphatic hydroxyl groups excluding tert-OH is 1. The number of piperidine rings is 1. The first-order valence-corrected chi connectivity index (χ1v) is 4.38. The number of aliphatic hydroxyl groups is 2. The van der Waals surface area contributed by atoms with E-state index in [1.165, 1.54) is 4.90 Å². The molecule has 1 aliphatic rings. The zero-order chi connectivity index (χ0) is 10.6. The molecule has 5 heteroatoms. The van der Waals surface area contributed by atoms with Crippen molar-refractivity contribution < 1.29 is 20.1 Å². The average molecular weight is 199 g/mol. The number of likely N-dealkylation sites (tertiary alicyclic amines) is 1. The molecule has 0 atom stereocenters. The molecule has 1 amide bonds. The smallest absolute Gasteiger partial charge is 0.407 e. The van der Waals surface area contributed by atoms with E-state index in [4.69, 9.17) is 10.2 Å². The van der Waals surface area contributed by atoms with E-state index in [0.717, 1.165) is 0 Å². The van der Waals surface area contributed by atoms with Crippen molar-refractivity contribution in [1.82, 2.24) is 4.90 Å². The van der Waals surface area contributed by atoms with E-state index in [9.17, 15) is 9.90 Å². The van der Waals surface area contributed by atoms with Crippen molar-refractivity contribution in [3.63, 3.8) is 0 Å². The molecule has 1 rings (SSSR count). The first-order chi connectivity index (χ1) is 6.57. The van der Waals surface area contributed by atoms with E-state index in [-0.39, 0.29) is 19.7 Å². The standard InChI is InChI=1S/C9H13NO4/c11-7-1-2-9(14)3-5-10(6-4-9)8(12)13/h11,14H,3-7H2,(H,12,13). The van der Waals surface area contributed by atoms with Gasteiger partial charge >= 0.3 is 6.09 Å². The van der Waals surface area contributed by atoms with Gasteiger partial charge in [0, 0.05) is 25.9 Å². The van der Waals surface area contributed by atoms with Gasteiger partial charge in [0.05, 0.1) is 0 Å². The lowest BCUT2D eigenvalue weighted by Gasteiger charge is -2.33. The quantitative estimate of drug-likeness (QED) is 0.459. The fourth-order valence-electron chi connectivity index (χ4n) is 1.40. The summed E-state index contributed by atoms with van der Waals surface area (Å²) < 4.78 is 0. The zero-order valence-electron chi connectivity index (χ0n) is 7.73. The minimum Gasteiger partial charge on any atom is -0.465 e. The van der Waals surface area contributed by atoms with Crippen LogP contribution in [0.5, 0.6) is 0 Å². The van der Waals surface area contributed by atoms with Gasteiger partial charge in [0.15, 0.2) is 0 Å². The van der Waals surface area contributed by atoms with E-state index in [1.54, 1.807) is 0 Å². The van der Waals surface area contributed by atoms with E-state index in [1.807, 2.05) is 0 Å². The number of hydrogen-bond acceptors (Lipinski definition) is 3. The zero-order valence-corrected chi connectivity index (χ0v) is 7.73. The third kappa shape index (κ3) is 2.62. The van der Waals surface area contributed by atoms with Gasteiger partial charge in [0.25, 0.3) is 0 Å². The normalized spacial score (nSPS) is 19.7. The van der Waals surface area contributed by atoms with Crippen LogP contribution in [0.3, 0.4) is 0 Å². The second kappa shape index (κ2) is 4.31. The van der Waals surface area contributed by atoms with Crippen molar-refractivity contribution in [2.75, 3.05) is 19.7 Å². The summed E-state index contributed by atoms with van der Waals surface area (Å²) in [5.74, 6) is 4.94. The molecule has 78 valence electrons. The third-order valence-electron chi connectivity index (χ3n) is 2.26. The molecule has 14 heavy (non-hydrogen) atoms. The Balaban J connectivity index is 2.53. The molecule has 0 aromatic carbocycles. The topological polar surface area (TPSA) is 81.0 Å². The lowest BCUT2D eigenvalue weighted by Crippen LogP contribution is -2.45. The molecule has 0 bridgehead atoms. The fourth-order valence-corrected chi connectivity index (χ4v) is 1.40. The fraction of sp³-hybridized carbons (Fsp3) is 0.667. The molecule has 5 nitrogen and oxygen atoms in total. The number of amides is 1. The highest BCUT2D eigenvalue weighted by Gasteiger charge is 2.32. The Bertz CT molecular complexity index is 270. The molecule has 3 N–H and O–H groups in total. The van der Waals surface area contributed by atoms with Crippen molar-refractivity contribution in [3.05, 3.63) is 0 Å². The highest BCUT2D eigenvalue weighted by Crippen LogP contribution is 2.21. The van der Waals surface area contributed by atoms with Gasteiger partial charge in [-0.1, -0.05) is 11.8 Å². The molecule has 1 heterocycles. The van der Waals surface area contributed by atoms with Gasteiger partial charge in [-0.2, -0.15) is 0 Å². The molecular weight excluding hydrogens is 186 g/mol. The number of carbonyl (C=O) groups is 1. The lowest BCUT2D eigenvalue weighted by atomic mass is 9.92. The molecule has 1 aliphatic heterocycles. The van der Waals surface area contributed by atoms with Crippen LogP contribution in [0.4, 0.5) is 4.79 Å². The molecule has 0 aromatic heterocycles. The third-order valence-corrected chi connectivity index (χ3v) is 2.26. The van der Waals surface area contributed by atoms with Crippen LogP contribution in [0.2, 0.25) is 0 Å². The average Bonchev–Trinajstić information content (AvgIpc) is 2.16. The van der Waals surface area contributed by atoms with Crippen LogP contribution in [-0.2, 0) is 0 Å². The van der Waals surface area contributed by atoms with Crippen LogP contribution >= 0.6 is 0 Å². The van der Waals surface area contributed by atoms with Gasteiger partial charge in [-0.25, -0.2) is 4.79 Å². The maximum absolute atomic E-state index is 10.5. The molecule has 1 fully saturated rings. The minimum atomic E-state index is -1.13. The van der Waals surface area contributed by atoms with Crippen molar-refractivity contribution in [3.8, 4) is 11.8 Å².